The zero-order valence-corrected chi connectivity index (χ0v) is 10.1. The summed E-state index contributed by atoms with van der Waals surface area (Å²) in [6.45, 7) is 5.94. The highest BCUT2D eigenvalue weighted by Crippen LogP contribution is 2.15. The number of ether oxygens (including phenoxy) is 1. The molecule has 0 aliphatic rings. The summed E-state index contributed by atoms with van der Waals surface area (Å²) in [5.41, 5.74) is 1.01. The van der Waals surface area contributed by atoms with E-state index in [-0.39, 0.29) is 5.92 Å². The predicted molar refractivity (Wildman–Crippen MR) is 67.3 cm³/mol. The van der Waals surface area contributed by atoms with E-state index in [1.807, 2.05) is 30.3 Å². The first-order chi connectivity index (χ1) is 8.13. The van der Waals surface area contributed by atoms with Crippen molar-refractivity contribution in [2.24, 2.45) is 5.92 Å². The fourth-order valence-electron chi connectivity index (χ4n) is 1.42. The van der Waals surface area contributed by atoms with Crippen molar-refractivity contribution >= 4 is 5.97 Å². The van der Waals surface area contributed by atoms with Crippen LogP contribution in [0.15, 0.2) is 36.9 Å². The standard InChI is InChI=1S/C14H18O3/c1-3-4-9-17-13-7-5-12(6-8-13)10-11(2)14(15)16/h3,5-8,11H,1,4,9-10H2,2H3,(H,15,16)/t11-/m0/s1. The first kappa shape index (κ1) is 13.3. The molecule has 0 fully saturated rings. The molecular weight excluding hydrogens is 216 g/mol. The quantitative estimate of drug-likeness (QED) is 0.583. The molecule has 1 aromatic rings. The van der Waals surface area contributed by atoms with Crippen molar-refractivity contribution in [3.63, 3.8) is 0 Å². The van der Waals surface area contributed by atoms with Crippen LogP contribution in [0.1, 0.15) is 18.9 Å². The SMILES string of the molecule is C=CCCOc1ccc(C[C@H](C)C(=O)O)cc1. The Hall–Kier alpha value is -1.77. The molecule has 0 radical (unpaired) electrons. The lowest BCUT2D eigenvalue weighted by Gasteiger charge is -2.08. The van der Waals surface area contributed by atoms with E-state index in [0.717, 1.165) is 17.7 Å². The minimum Gasteiger partial charge on any atom is -0.493 e. The average Bonchev–Trinajstić information content (AvgIpc) is 2.31. The van der Waals surface area contributed by atoms with Crippen molar-refractivity contribution in [3.05, 3.63) is 42.5 Å². The highest BCUT2D eigenvalue weighted by atomic mass is 16.5. The van der Waals surface area contributed by atoms with Crippen LogP contribution in [0.3, 0.4) is 0 Å². The molecule has 0 heterocycles. The van der Waals surface area contributed by atoms with Gasteiger partial charge in [-0.3, -0.25) is 4.79 Å². The van der Waals surface area contributed by atoms with Crippen LogP contribution in [0.25, 0.3) is 0 Å². The number of aliphatic carboxylic acids is 1. The van der Waals surface area contributed by atoms with Crippen molar-refractivity contribution in [2.75, 3.05) is 6.61 Å². The van der Waals surface area contributed by atoms with Crippen molar-refractivity contribution in [1.29, 1.82) is 0 Å². The molecule has 0 spiro atoms. The molecule has 3 nitrogen and oxygen atoms in total. The third kappa shape index (κ3) is 4.72. The molecule has 1 atom stereocenters. The van der Waals surface area contributed by atoms with Crippen LogP contribution in [0.4, 0.5) is 0 Å². The van der Waals surface area contributed by atoms with Gasteiger partial charge in [0, 0.05) is 0 Å². The van der Waals surface area contributed by atoms with Crippen LogP contribution in [-0.4, -0.2) is 17.7 Å². The van der Waals surface area contributed by atoms with E-state index >= 15 is 0 Å². The van der Waals surface area contributed by atoms with E-state index in [9.17, 15) is 4.79 Å². The first-order valence-electron chi connectivity index (χ1n) is 5.69. The monoisotopic (exact) mass is 234 g/mol. The summed E-state index contributed by atoms with van der Waals surface area (Å²) >= 11 is 0. The lowest BCUT2D eigenvalue weighted by atomic mass is 10.0. The third-order valence-corrected chi connectivity index (χ3v) is 2.48. The van der Waals surface area contributed by atoms with Gasteiger partial charge in [-0.1, -0.05) is 25.1 Å². The van der Waals surface area contributed by atoms with E-state index in [4.69, 9.17) is 9.84 Å². The Labute approximate surface area is 102 Å². The molecule has 3 heteroatoms. The van der Waals surface area contributed by atoms with E-state index in [1.165, 1.54) is 0 Å². The normalized spacial score (nSPS) is 11.8. The number of carboxylic acid groups (broad SMARTS) is 1. The van der Waals surface area contributed by atoms with Gasteiger partial charge in [0.2, 0.25) is 0 Å². The highest BCUT2D eigenvalue weighted by molar-refractivity contribution is 5.69. The molecule has 0 aromatic heterocycles. The van der Waals surface area contributed by atoms with Gasteiger partial charge in [0.25, 0.3) is 0 Å². The minimum atomic E-state index is -0.767. The van der Waals surface area contributed by atoms with Gasteiger partial charge in [0.1, 0.15) is 5.75 Å². The smallest absolute Gasteiger partial charge is 0.306 e. The van der Waals surface area contributed by atoms with Crippen LogP contribution in [0.5, 0.6) is 5.75 Å². The molecule has 0 saturated heterocycles. The largest absolute Gasteiger partial charge is 0.493 e. The van der Waals surface area contributed by atoms with Gasteiger partial charge in [0.15, 0.2) is 0 Å². The maximum Gasteiger partial charge on any atom is 0.306 e. The Morgan fingerprint density at radius 3 is 2.65 bits per heavy atom. The van der Waals surface area contributed by atoms with E-state index in [2.05, 4.69) is 6.58 Å². The van der Waals surface area contributed by atoms with E-state index in [1.54, 1.807) is 6.92 Å². The highest BCUT2D eigenvalue weighted by Gasteiger charge is 2.11. The Kier molecular flexibility index (Phi) is 5.27. The summed E-state index contributed by atoms with van der Waals surface area (Å²) in [6, 6.07) is 7.55. The molecule has 0 unspecified atom stereocenters. The van der Waals surface area contributed by atoms with Crippen LogP contribution in [0.2, 0.25) is 0 Å². The summed E-state index contributed by atoms with van der Waals surface area (Å²) in [5.74, 6) is -0.322. The fraction of sp³-hybridized carbons (Fsp3) is 0.357. The molecule has 0 aliphatic carbocycles. The Morgan fingerprint density at radius 1 is 1.47 bits per heavy atom. The number of hydrogen-bond acceptors (Lipinski definition) is 2. The van der Waals surface area contributed by atoms with Crippen molar-refractivity contribution < 1.29 is 14.6 Å². The second kappa shape index (κ2) is 6.74. The van der Waals surface area contributed by atoms with Crippen molar-refractivity contribution in [1.82, 2.24) is 0 Å². The van der Waals surface area contributed by atoms with E-state index in [0.29, 0.717) is 13.0 Å². The molecule has 0 amide bonds. The van der Waals surface area contributed by atoms with E-state index < -0.39 is 5.97 Å². The molecule has 1 N–H and O–H groups in total. The molecular formula is C14H18O3. The third-order valence-electron chi connectivity index (χ3n) is 2.48. The molecule has 0 saturated carbocycles. The number of rotatable bonds is 7. The Balaban J connectivity index is 2.49. The Bertz CT molecular complexity index is 368. The maximum atomic E-state index is 10.7. The van der Waals surface area contributed by atoms with Crippen LogP contribution < -0.4 is 4.74 Å². The molecule has 1 rings (SSSR count). The summed E-state index contributed by atoms with van der Waals surface area (Å²) < 4.78 is 5.47. The van der Waals surface area contributed by atoms with Gasteiger partial charge in [-0.25, -0.2) is 0 Å². The number of hydrogen-bond donors (Lipinski definition) is 1. The number of carbonyl (C=O) groups is 1. The number of benzene rings is 1. The molecule has 92 valence electrons. The zero-order valence-electron chi connectivity index (χ0n) is 10.1. The predicted octanol–water partition coefficient (Wildman–Crippen LogP) is 2.90. The first-order valence-corrected chi connectivity index (χ1v) is 5.69. The molecule has 0 aliphatic heterocycles. The molecule has 0 bridgehead atoms. The summed E-state index contributed by atoms with van der Waals surface area (Å²) in [7, 11) is 0. The van der Waals surface area contributed by atoms with Crippen molar-refractivity contribution in [3.8, 4) is 5.75 Å². The van der Waals surface area contributed by atoms with Gasteiger partial charge in [-0.15, -0.1) is 6.58 Å². The summed E-state index contributed by atoms with van der Waals surface area (Å²) in [4.78, 5) is 10.7. The Morgan fingerprint density at radius 2 is 2.12 bits per heavy atom. The summed E-state index contributed by atoms with van der Waals surface area (Å²) in [5, 5.41) is 8.81. The van der Waals surface area contributed by atoms with Gasteiger partial charge in [0.05, 0.1) is 12.5 Å². The van der Waals surface area contributed by atoms with Gasteiger partial charge in [-0.2, -0.15) is 0 Å². The van der Waals surface area contributed by atoms with Crippen molar-refractivity contribution in [2.45, 2.75) is 19.8 Å². The molecule has 1 aromatic carbocycles. The zero-order chi connectivity index (χ0) is 12.7. The maximum absolute atomic E-state index is 10.7. The van der Waals surface area contributed by atoms with Crippen LogP contribution in [0, 0.1) is 5.92 Å². The van der Waals surface area contributed by atoms with Gasteiger partial charge >= 0.3 is 5.97 Å². The minimum absolute atomic E-state index is 0.359. The fourth-order valence-corrected chi connectivity index (χ4v) is 1.42. The second-order valence-electron chi connectivity index (χ2n) is 4.01. The van der Waals surface area contributed by atoms with Crippen LogP contribution in [-0.2, 0) is 11.2 Å². The van der Waals surface area contributed by atoms with Gasteiger partial charge in [-0.05, 0) is 30.5 Å². The molecule has 17 heavy (non-hydrogen) atoms. The van der Waals surface area contributed by atoms with Gasteiger partial charge < -0.3 is 9.84 Å². The summed E-state index contributed by atoms with van der Waals surface area (Å²) in [6.07, 6.45) is 3.17. The second-order valence-corrected chi connectivity index (χ2v) is 4.01. The number of carboxylic acids is 1. The lowest BCUT2D eigenvalue weighted by Crippen LogP contribution is -2.12. The average molecular weight is 234 g/mol. The van der Waals surface area contributed by atoms with Crippen LogP contribution >= 0.6 is 0 Å². The lowest BCUT2D eigenvalue weighted by molar-refractivity contribution is -0.141. The topological polar surface area (TPSA) is 46.5 Å².